The summed E-state index contributed by atoms with van der Waals surface area (Å²) in [7, 11) is 0. The van der Waals surface area contributed by atoms with Crippen LogP contribution in [0.1, 0.15) is 40.0 Å². The fourth-order valence-electron chi connectivity index (χ4n) is 1.68. The largest absolute Gasteiger partial charge is 0.377 e. The fraction of sp³-hybridized carbons (Fsp3) is 1.00. The fourth-order valence-corrected chi connectivity index (χ4v) is 1.68. The molecule has 1 aliphatic rings. The second-order valence-electron chi connectivity index (χ2n) is 4.22. The first-order chi connectivity index (χ1) is 6.24. The molecule has 2 heteroatoms. The molecule has 0 radical (unpaired) electrons. The summed E-state index contributed by atoms with van der Waals surface area (Å²) in [5.41, 5.74) is 0. The molecule has 1 N–H and O–H groups in total. The van der Waals surface area contributed by atoms with Crippen LogP contribution < -0.4 is 5.32 Å². The predicted octanol–water partition coefficient (Wildman–Crippen LogP) is 2.19. The van der Waals surface area contributed by atoms with Crippen molar-refractivity contribution in [1.82, 2.24) is 5.32 Å². The van der Waals surface area contributed by atoms with E-state index in [1.54, 1.807) is 0 Å². The number of nitrogens with one attached hydrogen (secondary N) is 1. The maximum Gasteiger partial charge on any atom is 0.0700 e. The van der Waals surface area contributed by atoms with Gasteiger partial charge in [-0.25, -0.2) is 0 Å². The van der Waals surface area contributed by atoms with Crippen LogP contribution in [0.15, 0.2) is 0 Å². The highest BCUT2D eigenvalue weighted by Crippen LogP contribution is 2.12. The SMILES string of the molecule is CC[C@H](C)[C@@H](C)NC[C@@H]1CCCO1. The van der Waals surface area contributed by atoms with Gasteiger partial charge in [-0.3, -0.25) is 0 Å². The molecule has 0 aliphatic carbocycles. The summed E-state index contributed by atoms with van der Waals surface area (Å²) in [5, 5.41) is 3.55. The van der Waals surface area contributed by atoms with Crippen molar-refractivity contribution >= 4 is 0 Å². The molecule has 78 valence electrons. The Hall–Kier alpha value is -0.0800. The minimum Gasteiger partial charge on any atom is -0.377 e. The van der Waals surface area contributed by atoms with Crippen molar-refractivity contribution in [1.29, 1.82) is 0 Å². The van der Waals surface area contributed by atoms with Gasteiger partial charge in [-0.05, 0) is 25.7 Å². The van der Waals surface area contributed by atoms with E-state index in [2.05, 4.69) is 26.1 Å². The Kier molecular flexibility index (Phi) is 4.74. The lowest BCUT2D eigenvalue weighted by atomic mass is 10.0. The Morgan fingerprint density at radius 2 is 2.23 bits per heavy atom. The molecule has 0 saturated carbocycles. The molecule has 1 saturated heterocycles. The molecule has 0 aromatic heterocycles. The van der Waals surface area contributed by atoms with Crippen LogP contribution in [0.25, 0.3) is 0 Å². The Bertz CT molecular complexity index is 132. The van der Waals surface area contributed by atoms with E-state index in [4.69, 9.17) is 4.74 Å². The summed E-state index contributed by atoms with van der Waals surface area (Å²) < 4.78 is 5.55. The van der Waals surface area contributed by atoms with Gasteiger partial charge in [-0.2, -0.15) is 0 Å². The first-order valence-electron chi connectivity index (χ1n) is 5.59. The van der Waals surface area contributed by atoms with E-state index >= 15 is 0 Å². The van der Waals surface area contributed by atoms with Crippen LogP contribution in [-0.2, 0) is 4.74 Å². The van der Waals surface area contributed by atoms with Gasteiger partial charge in [-0.1, -0.05) is 20.3 Å². The van der Waals surface area contributed by atoms with Crippen LogP contribution in [0.3, 0.4) is 0 Å². The van der Waals surface area contributed by atoms with Crippen molar-refractivity contribution < 1.29 is 4.74 Å². The van der Waals surface area contributed by atoms with E-state index in [0.717, 1.165) is 19.1 Å². The van der Waals surface area contributed by atoms with Gasteiger partial charge in [0.15, 0.2) is 0 Å². The average Bonchev–Trinajstić information content (AvgIpc) is 2.65. The molecule has 0 aromatic carbocycles. The molecule has 1 fully saturated rings. The quantitative estimate of drug-likeness (QED) is 0.709. The third-order valence-electron chi connectivity index (χ3n) is 3.19. The van der Waals surface area contributed by atoms with Crippen molar-refractivity contribution in [3.63, 3.8) is 0 Å². The minimum atomic E-state index is 0.478. The first-order valence-corrected chi connectivity index (χ1v) is 5.59. The average molecular weight is 185 g/mol. The lowest BCUT2D eigenvalue weighted by Crippen LogP contribution is -2.37. The zero-order valence-corrected chi connectivity index (χ0v) is 9.18. The van der Waals surface area contributed by atoms with Crippen LogP contribution in [-0.4, -0.2) is 25.3 Å². The summed E-state index contributed by atoms with van der Waals surface area (Å²) in [6.07, 6.45) is 4.20. The molecular weight excluding hydrogens is 162 g/mol. The van der Waals surface area contributed by atoms with Gasteiger partial charge in [0.2, 0.25) is 0 Å². The highest BCUT2D eigenvalue weighted by atomic mass is 16.5. The molecule has 0 unspecified atom stereocenters. The Morgan fingerprint density at radius 1 is 1.46 bits per heavy atom. The van der Waals surface area contributed by atoms with E-state index < -0.39 is 0 Å². The molecule has 1 aliphatic heterocycles. The highest BCUT2D eigenvalue weighted by molar-refractivity contribution is 4.72. The smallest absolute Gasteiger partial charge is 0.0700 e. The molecule has 2 nitrogen and oxygen atoms in total. The predicted molar refractivity (Wildman–Crippen MR) is 55.9 cm³/mol. The van der Waals surface area contributed by atoms with E-state index in [-0.39, 0.29) is 0 Å². The van der Waals surface area contributed by atoms with Gasteiger partial charge < -0.3 is 10.1 Å². The third kappa shape index (κ3) is 3.65. The molecule has 0 spiro atoms. The molecular formula is C11H23NO. The van der Waals surface area contributed by atoms with Crippen LogP contribution in [0.5, 0.6) is 0 Å². The minimum absolute atomic E-state index is 0.478. The zero-order chi connectivity index (χ0) is 9.68. The zero-order valence-electron chi connectivity index (χ0n) is 9.18. The van der Waals surface area contributed by atoms with Crippen LogP contribution in [0.2, 0.25) is 0 Å². The first kappa shape index (κ1) is 11.0. The summed E-state index contributed by atoms with van der Waals surface area (Å²) in [6, 6.07) is 0.620. The van der Waals surface area contributed by atoms with Gasteiger partial charge in [0.05, 0.1) is 6.10 Å². The Morgan fingerprint density at radius 3 is 2.77 bits per heavy atom. The number of hydrogen-bond donors (Lipinski definition) is 1. The molecule has 0 amide bonds. The summed E-state index contributed by atoms with van der Waals surface area (Å²) in [5.74, 6) is 0.765. The van der Waals surface area contributed by atoms with Gasteiger partial charge in [0, 0.05) is 19.2 Å². The van der Waals surface area contributed by atoms with Crippen molar-refractivity contribution in [3.8, 4) is 0 Å². The highest BCUT2D eigenvalue weighted by Gasteiger charge is 2.17. The third-order valence-corrected chi connectivity index (χ3v) is 3.19. The number of hydrogen-bond acceptors (Lipinski definition) is 2. The second kappa shape index (κ2) is 5.61. The Labute approximate surface area is 82.0 Å². The molecule has 1 heterocycles. The number of ether oxygens (including phenoxy) is 1. The standard InChI is InChI=1S/C11H23NO/c1-4-9(2)10(3)12-8-11-6-5-7-13-11/h9-12H,4-8H2,1-3H3/t9-,10+,11-/m0/s1. The maximum atomic E-state index is 5.55. The van der Waals surface area contributed by atoms with Gasteiger partial charge in [0.25, 0.3) is 0 Å². The number of rotatable bonds is 5. The molecule has 0 aromatic rings. The van der Waals surface area contributed by atoms with Crippen molar-refractivity contribution in [2.45, 2.75) is 52.2 Å². The summed E-state index contributed by atoms with van der Waals surface area (Å²) in [4.78, 5) is 0. The molecule has 3 atom stereocenters. The molecule has 1 rings (SSSR count). The van der Waals surface area contributed by atoms with E-state index in [1.807, 2.05) is 0 Å². The lowest BCUT2D eigenvalue weighted by Gasteiger charge is -2.21. The van der Waals surface area contributed by atoms with Gasteiger partial charge >= 0.3 is 0 Å². The van der Waals surface area contributed by atoms with Gasteiger partial charge in [-0.15, -0.1) is 0 Å². The Balaban J connectivity index is 2.10. The normalized spacial score (nSPS) is 27.5. The van der Waals surface area contributed by atoms with E-state index in [9.17, 15) is 0 Å². The summed E-state index contributed by atoms with van der Waals surface area (Å²) in [6.45, 7) is 8.81. The van der Waals surface area contributed by atoms with E-state index in [0.29, 0.717) is 12.1 Å². The lowest BCUT2D eigenvalue weighted by molar-refractivity contribution is 0.106. The molecule has 13 heavy (non-hydrogen) atoms. The second-order valence-corrected chi connectivity index (χ2v) is 4.22. The van der Waals surface area contributed by atoms with Crippen molar-refractivity contribution in [2.24, 2.45) is 5.92 Å². The topological polar surface area (TPSA) is 21.3 Å². The van der Waals surface area contributed by atoms with Gasteiger partial charge in [0.1, 0.15) is 0 Å². The monoisotopic (exact) mass is 185 g/mol. The molecule has 0 bridgehead atoms. The van der Waals surface area contributed by atoms with Crippen LogP contribution in [0, 0.1) is 5.92 Å². The van der Waals surface area contributed by atoms with E-state index in [1.165, 1.54) is 19.3 Å². The summed E-state index contributed by atoms with van der Waals surface area (Å²) >= 11 is 0. The maximum absolute atomic E-state index is 5.55. The van der Waals surface area contributed by atoms with Crippen LogP contribution >= 0.6 is 0 Å². The van der Waals surface area contributed by atoms with Crippen molar-refractivity contribution in [2.75, 3.05) is 13.2 Å². The van der Waals surface area contributed by atoms with Crippen LogP contribution in [0.4, 0.5) is 0 Å². The van der Waals surface area contributed by atoms with Crippen molar-refractivity contribution in [3.05, 3.63) is 0 Å².